The van der Waals surface area contributed by atoms with Crippen LogP contribution in [0.4, 0.5) is 15.8 Å². The summed E-state index contributed by atoms with van der Waals surface area (Å²) in [6.07, 6.45) is -0.128. The Bertz CT molecular complexity index is 688. The van der Waals surface area contributed by atoms with Crippen LogP contribution in [0.15, 0.2) is 18.2 Å². The van der Waals surface area contributed by atoms with Gasteiger partial charge in [-0.25, -0.2) is 13.2 Å². The molecule has 1 aromatic rings. The van der Waals surface area contributed by atoms with E-state index >= 15 is 0 Å². The molecule has 1 aromatic carbocycles. The molecule has 2 rings (SSSR count). The molecule has 1 aliphatic rings. The lowest BCUT2D eigenvalue weighted by molar-refractivity contribution is 0.0698. The highest BCUT2D eigenvalue weighted by molar-refractivity contribution is 7.92. The summed E-state index contributed by atoms with van der Waals surface area (Å²) in [6.45, 7) is 2.56. The van der Waals surface area contributed by atoms with E-state index in [1.54, 1.807) is 6.07 Å². The molecule has 7 nitrogen and oxygen atoms in total. The van der Waals surface area contributed by atoms with Crippen molar-refractivity contribution >= 4 is 27.4 Å². The van der Waals surface area contributed by atoms with Crippen molar-refractivity contribution in [3.05, 3.63) is 23.8 Å². The SMILES string of the molecule is CN1CCN(c2ccc(NS(=O)(=O)CCCF)c(C(=O)O)c2)CC1. The molecular formula is C15H22FN3O4S. The third-order valence-corrected chi connectivity index (χ3v) is 5.27. The molecule has 0 saturated carbocycles. The van der Waals surface area contributed by atoms with Gasteiger partial charge in [0.2, 0.25) is 10.0 Å². The number of likely N-dealkylation sites (N-methyl/N-ethyl adjacent to an activating group) is 1. The maximum Gasteiger partial charge on any atom is 0.337 e. The van der Waals surface area contributed by atoms with Gasteiger partial charge in [-0.3, -0.25) is 9.11 Å². The first kappa shape index (κ1) is 18.5. The minimum absolute atomic E-state index is 0.000708. The monoisotopic (exact) mass is 359 g/mol. The Labute approximate surface area is 141 Å². The van der Waals surface area contributed by atoms with E-state index in [1.807, 2.05) is 7.05 Å². The fourth-order valence-corrected chi connectivity index (χ4v) is 3.63. The van der Waals surface area contributed by atoms with E-state index < -0.39 is 22.7 Å². The number of carboxylic acid groups (broad SMARTS) is 1. The van der Waals surface area contributed by atoms with Crippen molar-refractivity contribution in [2.45, 2.75) is 6.42 Å². The number of hydrogen-bond acceptors (Lipinski definition) is 5. The predicted molar refractivity (Wildman–Crippen MR) is 91.1 cm³/mol. The van der Waals surface area contributed by atoms with Crippen LogP contribution in [-0.2, 0) is 10.0 Å². The average molecular weight is 359 g/mol. The largest absolute Gasteiger partial charge is 0.478 e. The number of alkyl halides is 1. The van der Waals surface area contributed by atoms with Crippen molar-refractivity contribution in [2.24, 2.45) is 0 Å². The van der Waals surface area contributed by atoms with Gasteiger partial charge in [0.05, 0.1) is 23.7 Å². The number of halogens is 1. The molecule has 1 aliphatic heterocycles. The number of benzene rings is 1. The normalized spacial score (nSPS) is 16.2. The van der Waals surface area contributed by atoms with Gasteiger partial charge in [-0.1, -0.05) is 0 Å². The highest BCUT2D eigenvalue weighted by atomic mass is 32.2. The quantitative estimate of drug-likeness (QED) is 0.761. The number of nitrogens with one attached hydrogen (secondary N) is 1. The van der Waals surface area contributed by atoms with Crippen LogP contribution >= 0.6 is 0 Å². The second-order valence-electron chi connectivity index (χ2n) is 5.79. The number of rotatable bonds is 7. The zero-order valence-electron chi connectivity index (χ0n) is 13.5. The summed E-state index contributed by atoms with van der Waals surface area (Å²) in [4.78, 5) is 15.7. The standard InChI is InChI=1S/C15H22FN3O4S/c1-18-6-8-19(9-7-18)12-3-4-14(13(11-12)15(20)21)17-24(22,23)10-2-5-16/h3-4,11,17H,2,5-10H2,1H3,(H,20,21). The summed E-state index contributed by atoms with van der Waals surface area (Å²) < 4.78 is 38.1. The fraction of sp³-hybridized carbons (Fsp3) is 0.533. The number of hydrogen-bond donors (Lipinski definition) is 2. The fourth-order valence-electron chi connectivity index (χ4n) is 2.52. The molecule has 24 heavy (non-hydrogen) atoms. The molecule has 0 spiro atoms. The minimum Gasteiger partial charge on any atom is -0.478 e. The smallest absolute Gasteiger partial charge is 0.337 e. The first-order chi connectivity index (χ1) is 11.3. The molecule has 1 heterocycles. The Morgan fingerprint density at radius 1 is 1.29 bits per heavy atom. The molecule has 0 radical (unpaired) electrons. The summed E-state index contributed by atoms with van der Waals surface area (Å²) in [7, 11) is -1.75. The van der Waals surface area contributed by atoms with Gasteiger partial charge in [-0.05, 0) is 31.7 Å². The van der Waals surface area contributed by atoms with Gasteiger partial charge >= 0.3 is 5.97 Å². The topological polar surface area (TPSA) is 90.0 Å². The zero-order valence-corrected chi connectivity index (χ0v) is 14.4. The van der Waals surface area contributed by atoms with E-state index in [9.17, 15) is 22.7 Å². The van der Waals surface area contributed by atoms with Crippen molar-refractivity contribution in [1.29, 1.82) is 0 Å². The van der Waals surface area contributed by atoms with Crippen LogP contribution in [0.2, 0.25) is 0 Å². The molecule has 0 amide bonds. The summed E-state index contributed by atoms with van der Waals surface area (Å²) in [5.74, 6) is -1.60. The Kier molecular flexibility index (Phi) is 6.00. The second kappa shape index (κ2) is 7.80. The van der Waals surface area contributed by atoms with Crippen LogP contribution in [0.25, 0.3) is 0 Å². The summed E-state index contributed by atoms with van der Waals surface area (Å²) in [5, 5.41) is 9.38. The lowest BCUT2D eigenvalue weighted by Gasteiger charge is -2.34. The van der Waals surface area contributed by atoms with Crippen molar-refractivity contribution in [1.82, 2.24) is 4.90 Å². The average Bonchev–Trinajstić information content (AvgIpc) is 2.53. The third kappa shape index (κ3) is 4.81. The first-order valence-corrected chi connectivity index (χ1v) is 9.35. The number of anilines is 2. The Hall–Kier alpha value is -1.87. The van der Waals surface area contributed by atoms with E-state index in [4.69, 9.17) is 0 Å². The molecular weight excluding hydrogens is 337 g/mol. The Morgan fingerprint density at radius 3 is 2.54 bits per heavy atom. The summed E-state index contributed by atoms with van der Waals surface area (Å²) in [6, 6.07) is 4.62. The molecule has 1 fully saturated rings. The summed E-state index contributed by atoms with van der Waals surface area (Å²) in [5.41, 5.74) is 0.627. The van der Waals surface area contributed by atoms with Crippen molar-refractivity contribution in [2.75, 3.05) is 55.3 Å². The van der Waals surface area contributed by atoms with Crippen LogP contribution in [0, 0.1) is 0 Å². The third-order valence-electron chi connectivity index (χ3n) is 3.91. The number of carboxylic acids is 1. The molecule has 1 saturated heterocycles. The van der Waals surface area contributed by atoms with Crippen molar-refractivity contribution in [3.63, 3.8) is 0 Å². The van der Waals surface area contributed by atoms with Gasteiger partial charge in [0.25, 0.3) is 0 Å². The van der Waals surface area contributed by atoms with E-state index in [0.29, 0.717) is 0 Å². The number of aromatic carboxylic acids is 1. The highest BCUT2D eigenvalue weighted by Gasteiger charge is 2.20. The molecule has 0 aromatic heterocycles. The molecule has 0 atom stereocenters. The molecule has 0 bridgehead atoms. The minimum atomic E-state index is -3.77. The lowest BCUT2D eigenvalue weighted by atomic mass is 10.1. The van der Waals surface area contributed by atoms with Gasteiger partial charge in [-0.15, -0.1) is 0 Å². The Balaban J connectivity index is 2.22. The number of carbonyl (C=O) groups is 1. The maximum atomic E-state index is 12.2. The van der Waals surface area contributed by atoms with Crippen LogP contribution in [-0.4, -0.2) is 70.0 Å². The predicted octanol–water partition coefficient (Wildman–Crippen LogP) is 1.24. The van der Waals surface area contributed by atoms with E-state index in [-0.39, 0.29) is 23.4 Å². The van der Waals surface area contributed by atoms with Gasteiger partial charge < -0.3 is 14.9 Å². The van der Waals surface area contributed by atoms with Crippen LogP contribution in [0.5, 0.6) is 0 Å². The molecule has 9 heteroatoms. The molecule has 0 unspecified atom stereocenters. The number of piperazine rings is 1. The molecule has 2 N–H and O–H groups in total. The van der Waals surface area contributed by atoms with E-state index in [2.05, 4.69) is 14.5 Å². The Morgan fingerprint density at radius 2 is 1.96 bits per heavy atom. The maximum absolute atomic E-state index is 12.2. The van der Waals surface area contributed by atoms with Crippen molar-refractivity contribution in [3.8, 4) is 0 Å². The van der Waals surface area contributed by atoms with Gasteiger partial charge in [0, 0.05) is 31.9 Å². The van der Waals surface area contributed by atoms with Gasteiger partial charge in [0.15, 0.2) is 0 Å². The second-order valence-corrected chi connectivity index (χ2v) is 7.63. The van der Waals surface area contributed by atoms with Crippen molar-refractivity contribution < 1.29 is 22.7 Å². The van der Waals surface area contributed by atoms with Crippen LogP contribution in [0.3, 0.4) is 0 Å². The highest BCUT2D eigenvalue weighted by Crippen LogP contribution is 2.25. The zero-order chi connectivity index (χ0) is 17.7. The van der Waals surface area contributed by atoms with Gasteiger partial charge in [-0.2, -0.15) is 0 Å². The lowest BCUT2D eigenvalue weighted by Crippen LogP contribution is -2.44. The van der Waals surface area contributed by atoms with Crippen LogP contribution in [0.1, 0.15) is 16.8 Å². The summed E-state index contributed by atoms with van der Waals surface area (Å²) >= 11 is 0. The molecule has 0 aliphatic carbocycles. The number of nitrogens with zero attached hydrogens (tertiary/aromatic N) is 2. The van der Waals surface area contributed by atoms with Gasteiger partial charge in [0.1, 0.15) is 0 Å². The number of sulfonamides is 1. The van der Waals surface area contributed by atoms with Crippen LogP contribution < -0.4 is 9.62 Å². The first-order valence-electron chi connectivity index (χ1n) is 7.69. The van der Waals surface area contributed by atoms with E-state index in [0.717, 1.165) is 31.9 Å². The molecule has 134 valence electrons. The van der Waals surface area contributed by atoms with E-state index in [1.165, 1.54) is 12.1 Å².